The highest BCUT2D eigenvalue weighted by Gasteiger charge is 2.19. The Kier molecular flexibility index (Phi) is 4.57. The van der Waals surface area contributed by atoms with Crippen molar-refractivity contribution in [3.63, 3.8) is 0 Å². The van der Waals surface area contributed by atoms with Crippen LogP contribution >= 0.6 is 11.8 Å². The van der Waals surface area contributed by atoms with Crippen LogP contribution in [0.15, 0.2) is 18.2 Å². The Bertz CT molecular complexity index is 339. The van der Waals surface area contributed by atoms with Crippen LogP contribution in [0.5, 0.6) is 11.5 Å². The molecule has 1 aliphatic rings. The molecule has 0 spiro atoms. The van der Waals surface area contributed by atoms with Crippen molar-refractivity contribution in [2.24, 2.45) is 0 Å². The van der Waals surface area contributed by atoms with Crippen molar-refractivity contribution in [3.05, 3.63) is 23.8 Å². The maximum atomic E-state index is 9.33. The van der Waals surface area contributed by atoms with Crippen LogP contribution in [0.4, 0.5) is 0 Å². The first-order valence-electron chi connectivity index (χ1n) is 5.86. The number of methoxy groups -OCH3 is 1. The van der Waals surface area contributed by atoms with Crippen molar-refractivity contribution in [3.8, 4) is 11.5 Å². The summed E-state index contributed by atoms with van der Waals surface area (Å²) in [7, 11) is 1.63. The van der Waals surface area contributed by atoms with Crippen molar-refractivity contribution in [2.45, 2.75) is 25.6 Å². The van der Waals surface area contributed by atoms with Gasteiger partial charge in [0.25, 0.3) is 0 Å². The van der Waals surface area contributed by atoms with E-state index in [2.05, 4.69) is 0 Å². The Morgan fingerprint density at radius 3 is 2.76 bits per heavy atom. The lowest BCUT2D eigenvalue weighted by Crippen LogP contribution is -2.22. The predicted molar refractivity (Wildman–Crippen MR) is 69.9 cm³/mol. The van der Waals surface area contributed by atoms with E-state index in [4.69, 9.17) is 9.47 Å². The fourth-order valence-electron chi connectivity index (χ4n) is 1.94. The lowest BCUT2D eigenvalue weighted by molar-refractivity contribution is 0.176. The second-order valence-corrected chi connectivity index (χ2v) is 5.26. The molecule has 94 valence electrons. The molecule has 4 heteroatoms. The van der Waals surface area contributed by atoms with E-state index in [1.54, 1.807) is 7.11 Å². The van der Waals surface area contributed by atoms with Gasteiger partial charge in [-0.15, -0.1) is 0 Å². The molecule has 0 saturated carbocycles. The minimum Gasteiger partial charge on any atom is -0.493 e. The standard InChI is InChI=1S/C13H18O3S/c1-15-12-4-2-3-10(9-14)13(12)16-11-5-7-17-8-6-11/h2-4,11,14H,5-9H2,1H3. The number of thioether (sulfide) groups is 1. The summed E-state index contributed by atoms with van der Waals surface area (Å²) in [6.45, 7) is -0.0198. The molecule has 1 heterocycles. The molecule has 0 radical (unpaired) electrons. The van der Waals surface area contributed by atoms with Gasteiger partial charge in [-0.1, -0.05) is 12.1 Å². The van der Waals surface area contributed by atoms with Crippen molar-refractivity contribution < 1.29 is 14.6 Å². The molecule has 1 fully saturated rings. The number of benzene rings is 1. The van der Waals surface area contributed by atoms with Gasteiger partial charge in [-0.3, -0.25) is 0 Å². The molecule has 1 aliphatic heterocycles. The molecule has 0 atom stereocenters. The molecule has 3 nitrogen and oxygen atoms in total. The number of aliphatic hydroxyl groups is 1. The number of para-hydroxylation sites is 1. The number of ether oxygens (including phenoxy) is 2. The van der Waals surface area contributed by atoms with Gasteiger partial charge in [0, 0.05) is 5.56 Å². The van der Waals surface area contributed by atoms with Gasteiger partial charge in [-0.05, 0) is 30.4 Å². The predicted octanol–water partition coefficient (Wildman–Crippen LogP) is 2.46. The SMILES string of the molecule is COc1cccc(CO)c1OC1CCSCC1. The highest BCUT2D eigenvalue weighted by atomic mass is 32.2. The highest BCUT2D eigenvalue weighted by molar-refractivity contribution is 7.99. The molecule has 1 aromatic carbocycles. The molecular weight excluding hydrogens is 236 g/mol. The Hall–Kier alpha value is -0.870. The van der Waals surface area contributed by atoms with Gasteiger partial charge >= 0.3 is 0 Å². The topological polar surface area (TPSA) is 38.7 Å². The van der Waals surface area contributed by atoms with E-state index in [-0.39, 0.29) is 12.7 Å². The minimum atomic E-state index is -0.0198. The number of hydrogen-bond acceptors (Lipinski definition) is 4. The summed E-state index contributed by atoms with van der Waals surface area (Å²) in [5.74, 6) is 3.70. The van der Waals surface area contributed by atoms with E-state index < -0.39 is 0 Å². The smallest absolute Gasteiger partial charge is 0.167 e. The second kappa shape index (κ2) is 6.17. The molecule has 2 rings (SSSR count). The summed E-state index contributed by atoms with van der Waals surface area (Å²) >= 11 is 1.97. The monoisotopic (exact) mass is 254 g/mol. The Labute approximate surface area is 106 Å². The van der Waals surface area contributed by atoms with Crippen LogP contribution in [0.3, 0.4) is 0 Å². The van der Waals surface area contributed by atoms with Crippen molar-refractivity contribution in [2.75, 3.05) is 18.6 Å². The maximum absolute atomic E-state index is 9.33. The summed E-state index contributed by atoms with van der Waals surface area (Å²) in [6.07, 6.45) is 2.37. The lowest BCUT2D eigenvalue weighted by Gasteiger charge is -2.24. The molecule has 0 amide bonds. The largest absolute Gasteiger partial charge is 0.493 e. The zero-order chi connectivity index (χ0) is 12.1. The minimum absolute atomic E-state index is 0.0198. The summed E-state index contributed by atoms with van der Waals surface area (Å²) in [5, 5.41) is 9.33. The molecule has 0 aromatic heterocycles. The summed E-state index contributed by atoms with van der Waals surface area (Å²) in [5.41, 5.74) is 0.794. The zero-order valence-electron chi connectivity index (χ0n) is 10.0. The summed E-state index contributed by atoms with van der Waals surface area (Å²) < 4.78 is 11.3. The van der Waals surface area contributed by atoms with Crippen molar-refractivity contribution in [1.29, 1.82) is 0 Å². The van der Waals surface area contributed by atoms with Gasteiger partial charge in [0.15, 0.2) is 11.5 Å². The molecule has 1 N–H and O–H groups in total. The number of rotatable bonds is 4. The third-order valence-corrected chi connectivity index (χ3v) is 3.95. The molecule has 17 heavy (non-hydrogen) atoms. The molecule has 1 saturated heterocycles. The molecule has 0 bridgehead atoms. The number of hydrogen-bond donors (Lipinski definition) is 1. The first-order valence-corrected chi connectivity index (χ1v) is 7.01. The first-order chi connectivity index (χ1) is 8.35. The van der Waals surface area contributed by atoms with Crippen LogP contribution in [0.1, 0.15) is 18.4 Å². The fraction of sp³-hybridized carbons (Fsp3) is 0.538. The van der Waals surface area contributed by atoms with Gasteiger partial charge in [0.2, 0.25) is 0 Å². The average molecular weight is 254 g/mol. The molecule has 0 aliphatic carbocycles. The van der Waals surface area contributed by atoms with E-state index in [9.17, 15) is 5.11 Å². The number of aliphatic hydroxyl groups excluding tert-OH is 1. The maximum Gasteiger partial charge on any atom is 0.167 e. The van der Waals surface area contributed by atoms with Gasteiger partial charge in [0.1, 0.15) is 6.10 Å². The molecular formula is C13H18O3S. The second-order valence-electron chi connectivity index (χ2n) is 4.04. The van der Waals surface area contributed by atoms with E-state index in [0.717, 1.165) is 29.9 Å². The van der Waals surface area contributed by atoms with Crippen molar-refractivity contribution in [1.82, 2.24) is 0 Å². The van der Waals surface area contributed by atoms with Gasteiger partial charge in [-0.2, -0.15) is 11.8 Å². The van der Waals surface area contributed by atoms with Gasteiger partial charge in [0.05, 0.1) is 13.7 Å². The summed E-state index contributed by atoms with van der Waals surface area (Å²) in [4.78, 5) is 0. The Balaban J connectivity index is 2.16. The van der Waals surface area contributed by atoms with E-state index >= 15 is 0 Å². The average Bonchev–Trinajstić information content (AvgIpc) is 2.40. The highest BCUT2D eigenvalue weighted by Crippen LogP contribution is 2.34. The fourth-order valence-corrected chi connectivity index (χ4v) is 3.00. The zero-order valence-corrected chi connectivity index (χ0v) is 10.8. The Morgan fingerprint density at radius 2 is 2.12 bits per heavy atom. The van der Waals surface area contributed by atoms with E-state index in [0.29, 0.717) is 11.5 Å². The van der Waals surface area contributed by atoms with Gasteiger partial charge < -0.3 is 14.6 Å². The van der Waals surface area contributed by atoms with Crippen LogP contribution < -0.4 is 9.47 Å². The molecule has 1 aromatic rings. The third-order valence-electron chi connectivity index (χ3n) is 2.90. The van der Waals surface area contributed by atoms with Crippen LogP contribution in [-0.4, -0.2) is 29.8 Å². The van der Waals surface area contributed by atoms with Crippen LogP contribution in [0.2, 0.25) is 0 Å². The molecule has 0 unspecified atom stereocenters. The van der Waals surface area contributed by atoms with Crippen molar-refractivity contribution >= 4 is 11.8 Å². The van der Waals surface area contributed by atoms with E-state index in [1.165, 1.54) is 0 Å². The van der Waals surface area contributed by atoms with Gasteiger partial charge in [-0.25, -0.2) is 0 Å². The van der Waals surface area contributed by atoms with E-state index in [1.807, 2.05) is 30.0 Å². The van der Waals surface area contributed by atoms with Crippen LogP contribution in [0.25, 0.3) is 0 Å². The quantitative estimate of drug-likeness (QED) is 0.896. The third kappa shape index (κ3) is 3.07. The Morgan fingerprint density at radius 1 is 1.35 bits per heavy atom. The summed E-state index contributed by atoms with van der Waals surface area (Å²) in [6, 6.07) is 5.61. The first kappa shape index (κ1) is 12.6. The normalized spacial score (nSPS) is 16.8. The van der Waals surface area contributed by atoms with Crippen LogP contribution in [-0.2, 0) is 6.61 Å². The lowest BCUT2D eigenvalue weighted by atomic mass is 10.1. The van der Waals surface area contributed by atoms with Crippen LogP contribution in [0, 0.1) is 0 Å².